The summed E-state index contributed by atoms with van der Waals surface area (Å²) in [6.07, 6.45) is 8.36. The molecule has 6 heteroatoms. The third-order valence-corrected chi connectivity index (χ3v) is 5.98. The zero-order valence-corrected chi connectivity index (χ0v) is 17.8. The average Bonchev–Trinajstić information content (AvgIpc) is 2.75. The molecule has 156 valence electrons. The molecule has 0 spiro atoms. The number of aliphatic imine (C=N–C) groups is 1. The Labute approximate surface area is 174 Å². The van der Waals surface area contributed by atoms with E-state index in [9.17, 15) is 0 Å². The Morgan fingerprint density at radius 3 is 2.79 bits per heavy atom. The highest BCUT2D eigenvalue weighted by Crippen LogP contribution is 2.18. The third kappa shape index (κ3) is 6.64. The van der Waals surface area contributed by atoms with Crippen LogP contribution in [0, 0.1) is 0 Å². The molecule has 2 heterocycles. The van der Waals surface area contributed by atoms with Crippen LogP contribution in [0.25, 0.3) is 0 Å². The minimum Gasteiger partial charge on any atom is -0.376 e. The van der Waals surface area contributed by atoms with E-state index in [0.29, 0.717) is 12.2 Å². The van der Waals surface area contributed by atoms with Crippen molar-refractivity contribution in [2.24, 2.45) is 4.99 Å². The largest absolute Gasteiger partial charge is 0.376 e. The number of nitrogens with zero attached hydrogens (tertiary/aromatic N) is 2. The summed E-state index contributed by atoms with van der Waals surface area (Å²) in [7, 11) is 1.86. The smallest absolute Gasteiger partial charge is 0.193 e. The van der Waals surface area contributed by atoms with Crippen molar-refractivity contribution in [3.05, 3.63) is 34.9 Å². The number of rotatable bonds is 7. The standard InChI is InChI=1S/C22H34ClN3O2/c1-24-22(25-13-6-8-18-7-2-3-10-21(18)23)26-14-11-19(12-15-26)28-17-20-9-4-5-16-27-20/h2-3,7,10,19-20H,4-6,8-9,11-17H2,1H3,(H,24,25). The second kappa shape index (κ2) is 11.6. The first-order chi connectivity index (χ1) is 13.8. The fourth-order valence-corrected chi connectivity index (χ4v) is 4.16. The second-order valence-electron chi connectivity index (χ2n) is 7.68. The first-order valence-corrected chi connectivity index (χ1v) is 11.1. The molecule has 28 heavy (non-hydrogen) atoms. The van der Waals surface area contributed by atoms with Crippen molar-refractivity contribution in [3.8, 4) is 0 Å². The monoisotopic (exact) mass is 407 g/mol. The molecule has 1 atom stereocenters. The van der Waals surface area contributed by atoms with Gasteiger partial charge in [-0.25, -0.2) is 0 Å². The number of hydrogen-bond acceptors (Lipinski definition) is 3. The molecule has 3 rings (SSSR count). The molecule has 0 saturated carbocycles. The summed E-state index contributed by atoms with van der Waals surface area (Å²) in [4.78, 5) is 6.80. The van der Waals surface area contributed by atoms with Crippen LogP contribution in [0.3, 0.4) is 0 Å². The lowest BCUT2D eigenvalue weighted by Crippen LogP contribution is -2.47. The van der Waals surface area contributed by atoms with Crippen LogP contribution in [0.15, 0.2) is 29.3 Å². The van der Waals surface area contributed by atoms with E-state index in [4.69, 9.17) is 21.1 Å². The first kappa shape index (κ1) is 21.4. The topological polar surface area (TPSA) is 46.1 Å². The van der Waals surface area contributed by atoms with Gasteiger partial charge in [0.1, 0.15) is 0 Å². The van der Waals surface area contributed by atoms with Gasteiger partial charge in [-0.05, 0) is 56.6 Å². The molecular formula is C22H34ClN3O2. The number of halogens is 1. The normalized spacial score (nSPS) is 21.7. The van der Waals surface area contributed by atoms with Crippen LogP contribution in [0.5, 0.6) is 0 Å². The van der Waals surface area contributed by atoms with Crippen molar-refractivity contribution in [1.82, 2.24) is 10.2 Å². The summed E-state index contributed by atoms with van der Waals surface area (Å²) in [5, 5.41) is 4.35. The van der Waals surface area contributed by atoms with Crippen molar-refractivity contribution < 1.29 is 9.47 Å². The molecule has 0 aromatic heterocycles. The molecule has 1 N–H and O–H groups in total. The quantitative estimate of drug-likeness (QED) is 0.423. The Hall–Kier alpha value is -1.30. The molecule has 1 aromatic carbocycles. The van der Waals surface area contributed by atoms with E-state index in [1.807, 2.05) is 25.2 Å². The van der Waals surface area contributed by atoms with Gasteiger partial charge in [-0.3, -0.25) is 4.99 Å². The zero-order valence-electron chi connectivity index (χ0n) is 17.0. The maximum absolute atomic E-state index is 6.23. The predicted molar refractivity (Wildman–Crippen MR) is 115 cm³/mol. The molecule has 2 fully saturated rings. The van der Waals surface area contributed by atoms with E-state index in [1.165, 1.54) is 18.4 Å². The first-order valence-electron chi connectivity index (χ1n) is 10.7. The van der Waals surface area contributed by atoms with Crippen LogP contribution in [-0.2, 0) is 15.9 Å². The second-order valence-corrected chi connectivity index (χ2v) is 8.08. The Morgan fingerprint density at radius 2 is 2.07 bits per heavy atom. The fourth-order valence-electron chi connectivity index (χ4n) is 3.93. The van der Waals surface area contributed by atoms with E-state index in [1.54, 1.807) is 0 Å². The van der Waals surface area contributed by atoms with Gasteiger partial charge in [0.25, 0.3) is 0 Å². The lowest BCUT2D eigenvalue weighted by atomic mass is 10.1. The highest BCUT2D eigenvalue weighted by atomic mass is 35.5. The molecular weight excluding hydrogens is 374 g/mol. The van der Waals surface area contributed by atoms with Gasteiger partial charge in [-0.2, -0.15) is 0 Å². The van der Waals surface area contributed by atoms with Gasteiger partial charge in [0.05, 0.1) is 18.8 Å². The summed E-state index contributed by atoms with van der Waals surface area (Å²) < 4.78 is 11.9. The van der Waals surface area contributed by atoms with Gasteiger partial charge in [-0.15, -0.1) is 0 Å². The number of likely N-dealkylation sites (tertiary alicyclic amines) is 1. The molecule has 5 nitrogen and oxygen atoms in total. The van der Waals surface area contributed by atoms with Crippen molar-refractivity contribution >= 4 is 17.6 Å². The van der Waals surface area contributed by atoms with Gasteiger partial charge in [0, 0.05) is 38.3 Å². The summed E-state index contributed by atoms with van der Waals surface area (Å²) in [6, 6.07) is 8.07. The van der Waals surface area contributed by atoms with Crippen LogP contribution in [0.4, 0.5) is 0 Å². The highest BCUT2D eigenvalue weighted by molar-refractivity contribution is 6.31. The maximum Gasteiger partial charge on any atom is 0.193 e. The minimum absolute atomic E-state index is 0.305. The Balaban J connectivity index is 1.32. The SMILES string of the molecule is CN=C(NCCCc1ccccc1Cl)N1CCC(OCC2CCCCO2)CC1. The number of benzene rings is 1. The average molecular weight is 408 g/mol. The van der Waals surface area contributed by atoms with Crippen molar-refractivity contribution in [1.29, 1.82) is 0 Å². The van der Waals surface area contributed by atoms with Crippen molar-refractivity contribution in [2.75, 3.05) is 39.9 Å². The van der Waals surface area contributed by atoms with E-state index in [-0.39, 0.29) is 0 Å². The van der Waals surface area contributed by atoms with Crippen LogP contribution >= 0.6 is 11.6 Å². The van der Waals surface area contributed by atoms with E-state index < -0.39 is 0 Å². The van der Waals surface area contributed by atoms with Crippen LogP contribution in [0.1, 0.15) is 44.1 Å². The lowest BCUT2D eigenvalue weighted by molar-refractivity contribution is -0.0721. The van der Waals surface area contributed by atoms with Gasteiger partial charge in [-0.1, -0.05) is 29.8 Å². The minimum atomic E-state index is 0.305. The molecule has 0 amide bonds. The van der Waals surface area contributed by atoms with Gasteiger partial charge >= 0.3 is 0 Å². The lowest BCUT2D eigenvalue weighted by Gasteiger charge is -2.35. The summed E-state index contributed by atoms with van der Waals surface area (Å²) in [6.45, 7) is 4.51. The summed E-state index contributed by atoms with van der Waals surface area (Å²) in [5.74, 6) is 0.994. The number of ether oxygens (including phenoxy) is 2. The van der Waals surface area contributed by atoms with Crippen molar-refractivity contribution in [2.45, 2.75) is 57.2 Å². The number of aryl methyl sites for hydroxylation is 1. The molecule has 0 aliphatic carbocycles. The van der Waals surface area contributed by atoms with Gasteiger partial charge < -0.3 is 19.7 Å². The third-order valence-electron chi connectivity index (χ3n) is 5.61. The highest BCUT2D eigenvalue weighted by Gasteiger charge is 2.23. The van der Waals surface area contributed by atoms with E-state index in [0.717, 1.165) is 75.9 Å². The van der Waals surface area contributed by atoms with Crippen molar-refractivity contribution in [3.63, 3.8) is 0 Å². The molecule has 2 aliphatic rings. The number of nitrogens with one attached hydrogen (secondary N) is 1. The van der Waals surface area contributed by atoms with E-state index >= 15 is 0 Å². The molecule has 1 unspecified atom stereocenters. The number of piperidine rings is 1. The van der Waals surface area contributed by atoms with Crippen LogP contribution in [0.2, 0.25) is 5.02 Å². The Morgan fingerprint density at radius 1 is 1.25 bits per heavy atom. The Kier molecular flexibility index (Phi) is 8.90. The number of guanidine groups is 1. The molecule has 0 radical (unpaired) electrons. The van der Waals surface area contributed by atoms with Gasteiger partial charge in [0.2, 0.25) is 0 Å². The maximum atomic E-state index is 6.23. The molecule has 2 aliphatic heterocycles. The van der Waals surface area contributed by atoms with Crippen LogP contribution < -0.4 is 5.32 Å². The van der Waals surface area contributed by atoms with Crippen LogP contribution in [-0.4, -0.2) is 63.0 Å². The molecule has 1 aromatic rings. The number of hydrogen-bond donors (Lipinski definition) is 1. The predicted octanol–water partition coefficient (Wildman–Crippen LogP) is 3.90. The molecule has 2 saturated heterocycles. The fraction of sp³-hybridized carbons (Fsp3) is 0.682. The van der Waals surface area contributed by atoms with E-state index in [2.05, 4.69) is 21.3 Å². The Bertz CT molecular complexity index is 612. The summed E-state index contributed by atoms with van der Waals surface area (Å²) >= 11 is 6.23. The summed E-state index contributed by atoms with van der Waals surface area (Å²) in [5.41, 5.74) is 1.21. The molecule has 0 bridgehead atoms. The van der Waals surface area contributed by atoms with Gasteiger partial charge in [0.15, 0.2) is 5.96 Å². The zero-order chi connectivity index (χ0) is 19.6.